The molecule has 1 N–H and O–H groups in total. The van der Waals surface area contributed by atoms with Gasteiger partial charge in [0.05, 0.1) is 4.90 Å². The van der Waals surface area contributed by atoms with Gasteiger partial charge in [0, 0.05) is 10.7 Å². The SMILES string of the molecule is O=C(O)Oc1ccc(S(=O)(=O)Cl)cc1. The number of hydrogen-bond donors (Lipinski definition) is 1. The van der Waals surface area contributed by atoms with Crippen molar-refractivity contribution in [2.45, 2.75) is 4.90 Å². The smallest absolute Gasteiger partial charge is 0.449 e. The van der Waals surface area contributed by atoms with Crippen LogP contribution in [0.4, 0.5) is 4.79 Å². The Hall–Kier alpha value is -1.27. The molecule has 0 aromatic heterocycles. The van der Waals surface area contributed by atoms with Crippen molar-refractivity contribution in [1.29, 1.82) is 0 Å². The number of benzene rings is 1. The van der Waals surface area contributed by atoms with E-state index < -0.39 is 15.2 Å². The number of hydrogen-bond acceptors (Lipinski definition) is 4. The van der Waals surface area contributed by atoms with Gasteiger partial charge in [0.15, 0.2) is 0 Å². The van der Waals surface area contributed by atoms with Crippen LogP contribution in [0.5, 0.6) is 5.75 Å². The van der Waals surface area contributed by atoms with Gasteiger partial charge >= 0.3 is 6.16 Å². The summed E-state index contributed by atoms with van der Waals surface area (Å²) in [6.45, 7) is 0. The summed E-state index contributed by atoms with van der Waals surface area (Å²) in [4.78, 5) is 9.97. The fourth-order valence-electron chi connectivity index (χ4n) is 0.771. The fraction of sp³-hybridized carbons (Fsp3) is 0. The van der Waals surface area contributed by atoms with Crippen molar-refractivity contribution < 1.29 is 23.1 Å². The highest BCUT2D eigenvalue weighted by Crippen LogP contribution is 2.18. The molecule has 5 nitrogen and oxygen atoms in total. The second kappa shape index (κ2) is 3.85. The number of carboxylic acid groups (broad SMARTS) is 1. The first-order chi connectivity index (χ1) is 6.39. The summed E-state index contributed by atoms with van der Waals surface area (Å²) in [6.07, 6.45) is -1.47. The highest BCUT2D eigenvalue weighted by molar-refractivity contribution is 8.13. The third-order valence-electron chi connectivity index (χ3n) is 1.31. The normalized spacial score (nSPS) is 10.9. The molecule has 0 unspecified atom stereocenters. The monoisotopic (exact) mass is 236 g/mol. The third kappa shape index (κ3) is 2.90. The Labute approximate surface area is 84.3 Å². The van der Waals surface area contributed by atoms with Gasteiger partial charge in [-0.15, -0.1) is 0 Å². The molecule has 0 radical (unpaired) electrons. The molecule has 14 heavy (non-hydrogen) atoms. The zero-order chi connectivity index (χ0) is 10.8. The van der Waals surface area contributed by atoms with Crippen molar-refractivity contribution in [3.05, 3.63) is 24.3 Å². The van der Waals surface area contributed by atoms with Crippen LogP contribution < -0.4 is 4.74 Å². The van der Waals surface area contributed by atoms with Crippen molar-refractivity contribution in [2.24, 2.45) is 0 Å². The molecule has 1 rings (SSSR count). The van der Waals surface area contributed by atoms with Crippen LogP contribution in [-0.2, 0) is 9.05 Å². The predicted molar refractivity (Wildman–Crippen MR) is 48.1 cm³/mol. The van der Waals surface area contributed by atoms with Crippen LogP contribution in [0.3, 0.4) is 0 Å². The number of carbonyl (C=O) groups is 1. The maximum atomic E-state index is 10.8. The van der Waals surface area contributed by atoms with Crippen LogP contribution in [-0.4, -0.2) is 19.7 Å². The first-order valence-corrected chi connectivity index (χ1v) is 5.66. The first kappa shape index (κ1) is 10.8. The van der Waals surface area contributed by atoms with Crippen LogP contribution in [0, 0.1) is 0 Å². The van der Waals surface area contributed by atoms with Crippen LogP contribution >= 0.6 is 10.7 Å². The van der Waals surface area contributed by atoms with Gasteiger partial charge in [0.1, 0.15) is 5.75 Å². The molecular weight excluding hydrogens is 232 g/mol. The Morgan fingerprint density at radius 3 is 2.14 bits per heavy atom. The molecule has 0 atom stereocenters. The molecule has 1 aromatic rings. The molecule has 1 aromatic carbocycles. The zero-order valence-corrected chi connectivity index (χ0v) is 8.25. The molecular formula is C7H5ClO5S. The molecule has 0 saturated carbocycles. The Bertz CT molecular complexity index is 436. The molecule has 0 aliphatic rings. The number of rotatable bonds is 2. The summed E-state index contributed by atoms with van der Waals surface area (Å²) in [6, 6.07) is 4.70. The van der Waals surface area contributed by atoms with Crippen LogP contribution in [0.15, 0.2) is 29.2 Å². The van der Waals surface area contributed by atoms with Gasteiger partial charge in [0.25, 0.3) is 9.05 Å². The van der Waals surface area contributed by atoms with E-state index in [9.17, 15) is 13.2 Å². The van der Waals surface area contributed by atoms with Crippen molar-refractivity contribution >= 4 is 25.9 Å². The molecule has 0 aliphatic carbocycles. The van der Waals surface area contributed by atoms with Crippen molar-refractivity contribution in [1.82, 2.24) is 0 Å². The topological polar surface area (TPSA) is 80.7 Å². The third-order valence-corrected chi connectivity index (χ3v) is 2.68. The average molecular weight is 237 g/mol. The summed E-state index contributed by atoms with van der Waals surface area (Å²) >= 11 is 0. The quantitative estimate of drug-likeness (QED) is 0.480. The maximum absolute atomic E-state index is 10.8. The van der Waals surface area contributed by atoms with E-state index in [0.29, 0.717) is 0 Å². The van der Waals surface area contributed by atoms with Gasteiger partial charge in [-0.25, -0.2) is 13.2 Å². The highest BCUT2D eigenvalue weighted by atomic mass is 35.7. The lowest BCUT2D eigenvalue weighted by atomic mass is 10.3. The minimum Gasteiger partial charge on any atom is -0.449 e. The van der Waals surface area contributed by atoms with E-state index in [1.54, 1.807) is 0 Å². The lowest BCUT2D eigenvalue weighted by molar-refractivity contribution is 0.144. The van der Waals surface area contributed by atoms with E-state index in [0.717, 1.165) is 12.1 Å². The molecule has 76 valence electrons. The Morgan fingerprint density at radius 2 is 1.79 bits per heavy atom. The van der Waals surface area contributed by atoms with Crippen LogP contribution in [0.1, 0.15) is 0 Å². The lowest BCUT2D eigenvalue weighted by Gasteiger charge is -1.99. The van der Waals surface area contributed by atoms with E-state index in [2.05, 4.69) is 4.74 Å². The molecule has 0 heterocycles. The molecule has 0 saturated heterocycles. The van der Waals surface area contributed by atoms with Gasteiger partial charge in [-0.05, 0) is 24.3 Å². The molecule has 0 amide bonds. The molecule has 0 spiro atoms. The fourth-order valence-corrected chi connectivity index (χ4v) is 1.54. The van der Waals surface area contributed by atoms with E-state index >= 15 is 0 Å². The predicted octanol–water partition coefficient (Wildman–Crippen LogP) is 1.67. The molecule has 0 fully saturated rings. The van der Waals surface area contributed by atoms with Gasteiger partial charge in [-0.3, -0.25) is 0 Å². The van der Waals surface area contributed by atoms with Crippen molar-refractivity contribution in [2.75, 3.05) is 0 Å². The van der Waals surface area contributed by atoms with E-state index in [4.69, 9.17) is 15.8 Å². The molecule has 0 bridgehead atoms. The maximum Gasteiger partial charge on any atom is 0.511 e. The minimum absolute atomic E-state index is 0.0292. The van der Waals surface area contributed by atoms with Gasteiger partial charge in [0.2, 0.25) is 0 Å². The Kier molecular flexibility index (Phi) is 2.97. The summed E-state index contributed by atoms with van der Waals surface area (Å²) < 4.78 is 25.8. The van der Waals surface area contributed by atoms with E-state index in [1.807, 2.05) is 0 Å². The second-order valence-electron chi connectivity index (χ2n) is 2.28. The first-order valence-electron chi connectivity index (χ1n) is 3.35. The number of ether oxygens (including phenoxy) is 1. The number of halogens is 1. The second-order valence-corrected chi connectivity index (χ2v) is 4.84. The van der Waals surface area contributed by atoms with Crippen molar-refractivity contribution in [3.63, 3.8) is 0 Å². The van der Waals surface area contributed by atoms with E-state index in [-0.39, 0.29) is 10.6 Å². The highest BCUT2D eigenvalue weighted by Gasteiger charge is 2.09. The minimum atomic E-state index is -3.78. The van der Waals surface area contributed by atoms with Crippen LogP contribution in [0.2, 0.25) is 0 Å². The van der Waals surface area contributed by atoms with Crippen molar-refractivity contribution in [3.8, 4) is 5.75 Å². The molecule has 7 heteroatoms. The zero-order valence-electron chi connectivity index (χ0n) is 6.68. The Morgan fingerprint density at radius 1 is 1.29 bits per heavy atom. The summed E-state index contributed by atoms with van der Waals surface area (Å²) in [5.74, 6) is 0.0292. The van der Waals surface area contributed by atoms with Gasteiger partial charge < -0.3 is 9.84 Å². The summed E-state index contributed by atoms with van der Waals surface area (Å²) in [7, 11) is 1.25. The Balaban J connectivity index is 2.95. The average Bonchev–Trinajstić information content (AvgIpc) is 2.02. The van der Waals surface area contributed by atoms with E-state index in [1.165, 1.54) is 12.1 Å². The van der Waals surface area contributed by atoms with Gasteiger partial charge in [-0.2, -0.15) is 0 Å². The largest absolute Gasteiger partial charge is 0.511 e. The standard InChI is InChI=1S/C7H5ClO5S/c8-14(11,12)6-3-1-5(2-4-6)13-7(9)10/h1-4H,(H,9,10). The van der Waals surface area contributed by atoms with Gasteiger partial charge in [-0.1, -0.05) is 0 Å². The summed E-state index contributed by atoms with van der Waals surface area (Å²) in [5, 5.41) is 8.23. The lowest BCUT2D eigenvalue weighted by Crippen LogP contribution is -2.02. The summed E-state index contributed by atoms with van der Waals surface area (Å²) in [5.41, 5.74) is 0. The molecule has 0 aliphatic heterocycles. The van der Waals surface area contributed by atoms with Crippen LogP contribution in [0.25, 0.3) is 0 Å².